The highest BCUT2D eigenvalue weighted by Crippen LogP contribution is 2.38. The Balaban J connectivity index is 1.78. The van der Waals surface area contributed by atoms with Gasteiger partial charge in [0.15, 0.2) is 0 Å². The van der Waals surface area contributed by atoms with Crippen molar-refractivity contribution in [3.05, 3.63) is 84.4 Å². The summed E-state index contributed by atoms with van der Waals surface area (Å²) in [6.45, 7) is -0.000743. The van der Waals surface area contributed by atoms with Gasteiger partial charge in [-0.25, -0.2) is 9.07 Å². The SMILES string of the molecule is COc1ccccc1CC(=O)Nc1c(-c2ccncc2)c(-c2ccc(F)cc2)nn1CCO. The number of nitrogens with one attached hydrogen (secondary N) is 1. The molecule has 4 rings (SSSR count). The maximum Gasteiger partial charge on any atom is 0.230 e. The van der Waals surface area contributed by atoms with Crippen LogP contribution in [-0.2, 0) is 17.8 Å². The van der Waals surface area contributed by atoms with E-state index in [1.54, 1.807) is 42.4 Å². The van der Waals surface area contributed by atoms with E-state index in [4.69, 9.17) is 4.74 Å². The maximum atomic E-state index is 13.5. The number of carbonyl (C=O) groups excluding carboxylic acids is 1. The Morgan fingerprint density at radius 3 is 2.48 bits per heavy atom. The zero-order chi connectivity index (χ0) is 23.2. The molecule has 2 aromatic heterocycles. The van der Waals surface area contributed by atoms with E-state index < -0.39 is 0 Å². The average Bonchev–Trinajstić information content (AvgIpc) is 3.18. The Morgan fingerprint density at radius 1 is 1.06 bits per heavy atom. The van der Waals surface area contributed by atoms with Crippen LogP contribution in [0.2, 0.25) is 0 Å². The van der Waals surface area contributed by atoms with E-state index in [1.807, 2.05) is 30.3 Å². The van der Waals surface area contributed by atoms with Crippen LogP contribution in [0, 0.1) is 5.82 Å². The number of benzene rings is 2. The molecule has 8 heteroatoms. The van der Waals surface area contributed by atoms with Crippen molar-refractivity contribution in [2.45, 2.75) is 13.0 Å². The number of ether oxygens (including phenoxy) is 1. The van der Waals surface area contributed by atoms with Crippen LogP contribution in [0.4, 0.5) is 10.2 Å². The lowest BCUT2D eigenvalue weighted by atomic mass is 10.0. The van der Waals surface area contributed by atoms with Crippen molar-refractivity contribution in [2.75, 3.05) is 19.0 Å². The fourth-order valence-electron chi connectivity index (χ4n) is 3.65. The summed E-state index contributed by atoms with van der Waals surface area (Å²) in [6.07, 6.45) is 3.39. The summed E-state index contributed by atoms with van der Waals surface area (Å²) >= 11 is 0. The van der Waals surface area contributed by atoms with Crippen molar-refractivity contribution in [3.8, 4) is 28.1 Å². The van der Waals surface area contributed by atoms with Gasteiger partial charge in [0.2, 0.25) is 5.91 Å². The van der Waals surface area contributed by atoms with E-state index in [2.05, 4.69) is 15.4 Å². The van der Waals surface area contributed by atoms with Gasteiger partial charge in [0.1, 0.15) is 23.1 Å². The van der Waals surface area contributed by atoms with E-state index in [0.29, 0.717) is 28.4 Å². The largest absolute Gasteiger partial charge is 0.496 e. The Kier molecular flexibility index (Phi) is 6.75. The monoisotopic (exact) mass is 446 g/mol. The minimum Gasteiger partial charge on any atom is -0.496 e. The van der Waals surface area contributed by atoms with Gasteiger partial charge < -0.3 is 15.2 Å². The Morgan fingerprint density at radius 2 is 1.79 bits per heavy atom. The van der Waals surface area contributed by atoms with Crippen LogP contribution in [0.15, 0.2) is 73.1 Å². The highest BCUT2D eigenvalue weighted by molar-refractivity contribution is 5.99. The number of halogens is 1. The van der Waals surface area contributed by atoms with Crippen molar-refractivity contribution in [1.82, 2.24) is 14.8 Å². The van der Waals surface area contributed by atoms with Gasteiger partial charge in [0, 0.05) is 23.5 Å². The van der Waals surface area contributed by atoms with E-state index in [0.717, 1.165) is 11.1 Å². The summed E-state index contributed by atoms with van der Waals surface area (Å²) in [7, 11) is 1.56. The van der Waals surface area contributed by atoms with E-state index in [9.17, 15) is 14.3 Å². The number of aromatic nitrogens is 3. The molecular formula is C25H23FN4O3. The van der Waals surface area contributed by atoms with Crippen LogP contribution < -0.4 is 10.1 Å². The molecule has 2 N–H and O–H groups in total. The molecule has 1 amide bonds. The molecule has 0 saturated carbocycles. The predicted octanol–water partition coefficient (Wildman–Crippen LogP) is 3.93. The molecule has 0 saturated heterocycles. The molecule has 4 aromatic rings. The molecule has 0 aliphatic carbocycles. The van der Waals surface area contributed by atoms with Gasteiger partial charge in [-0.2, -0.15) is 5.10 Å². The number of hydrogen-bond acceptors (Lipinski definition) is 5. The molecule has 0 unspecified atom stereocenters. The zero-order valence-electron chi connectivity index (χ0n) is 18.0. The first-order valence-electron chi connectivity index (χ1n) is 10.4. The van der Waals surface area contributed by atoms with Crippen LogP contribution in [0.1, 0.15) is 5.56 Å². The van der Waals surface area contributed by atoms with Gasteiger partial charge >= 0.3 is 0 Å². The Hall–Kier alpha value is -4.04. The first-order chi connectivity index (χ1) is 16.1. The Labute approximate surface area is 190 Å². The van der Waals surface area contributed by atoms with Gasteiger partial charge in [-0.15, -0.1) is 0 Å². The zero-order valence-corrected chi connectivity index (χ0v) is 18.0. The second kappa shape index (κ2) is 10.1. The lowest BCUT2D eigenvalue weighted by molar-refractivity contribution is -0.115. The molecule has 0 aliphatic rings. The van der Waals surface area contributed by atoms with Crippen LogP contribution in [0.3, 0.4) is 0 Å². The molecule has 168 valence electrons. The topological polar surface area (TPSA) is 89.3 Å². The summed E-state index contributed by atoms with van der Waals surface area (Å²) in [6, 6.07) is 16.9. The van der Waals surface area contributed by atoms with Crippen molar-refractivity contribution in [1.29, 1.82) is 0 Å². The number of aliphatic hydroxyl groups is 1. The molecule has 0 atom stereocenters. The normalized spacial score (nSPS) is 10.8. The Bertz CT molecular complexity index is 1240. The summed E-state index contributed by atoms with van der Waals surface area (Å²) in [5, 5.41) is 17.2. The molecular weight excluding hydrogens is 423 g/mol. The third-order valence-electron chi connectivity index (χ3n) is 5.15. The van der Waals surface area contributed by atoms with E-state index >= 15 is 0 Å². The average molecular weight is 446 g/mol. The number of amides is 1. The minimum atomic E-state index is -0.357. The molecule has 33 heavy (non-hydrogen) atoms. The number of pyridine rings is 1. The summed E-state index contributed by atoms with van der Waals surface area (Å²) in [5.41, 5.74) is 3.42. The number of rotatable bonds is 8. The number of nitrogens with zero attached hydrogens (tertiary/aromatic N) is 3. The number of methoxy groups -OCH3 is 1. The van der Waals surface area contributed by atoms with Gasteiger partial charge in [0.05, 0.1) is 32.2 Å². The second-order valence-corrected chi connectivity index (χ2v) is 7.30. The number of para-hydroxylation sites is 1. The van der Waals surface area contributed by atoms with Gasteiger partial charge in [0.25, 0.3) is 0 Å². The number of anilines is 1. The molecule has 0 aliphatic heterocycles. The van der Waals surface area contributed by atoms with Crippen molar-refractivity contribution >= 4 is 11.7 Å². The second-order valence-electron chi connectivity index (χ2n) is 7.30. The summed E-state index contributed by atoms with van der Waals surface area (Å²) in [5.74, 6) is 0.441. The predicted molar refractivity (Wildman–Crippen MR) is 123 cm³/mol. The fraction of sp³-hybridized carbons (Fsp3) is 0.160. The smallest absolute Gasteiger partial charge is 0.230 e. The fourth-order valence-corrected chi connectivity index (χ4v) is 3.65. The minimum absolute atomic E-state index is 0.0932. The number of aliphatic hydroxyl groups excluding tert-OH is 1. The molecule has 2 heterocycles. The molecule has 7 nitrogen and oxygen atoms in total. The highest BCUT2D eigenvalue weighted by atomic mass is 19.1. The lowest BCUT2D eigenvalue weighted by Crippen LogP contribution is -2.19. The van der Waals surface area contributed by atoms with Crippen LogP contribution in [0.25, 0.3) is 22.4 Å². The van der Waals surface area contributed by atoms with Crippen LogP contribution in [0.5, 0.6) is 5.75 Å². The van der Waals surface area contributed by atoms with E-state index in [-0.39, 0.29) is 31.3 Å². The van der Waals surface area contributed by atoms with Gasteiger partial charge in [-0.1, -0.05) is 18.2 Å². The third-order valence-corrected chi connectivity index (χ3v) is 5.15. The molecule has 0 fully saturated rings. The first-order valence-corrected chi connectivity index (χ1v) is 10.4. The highest BCUT2D eigenvalue weighted by Gasteiger charge is 2.23. The lowest BCUT2D eigenvalue weighted by Gasteiger charge is -2.12. The molecule has 0 radical (unpaired) electrons. The van der Waals surface area contributed by atoms with Crippen molar-refractivity contribution in [2.24, 2.45) is 0 Å². The standard InChI is InChI=1S/C25H23FN4O3/c1-33-21-5-3-2-4-19(21)16-22(32)28-25-23(17-10-12-27-13-11-17)24(29-30(25)14-15-31)18-6-8-20(26)9-7-18/h2-13,31H,14-16H2,1H3,(H,28,32). The van der Waals surface area contributed by atoms with Gasteiger partial charge in [-0.05, 0) is 48.0 Å². The number of carbonyl (C=O) groups is 1. The quantitative estimate of drug-likeness (QED) is 0.428. The van der Waals surface area contributed by atoms with Crippen LogP contribution in [-0.4, -0.2) is 39.5 Å². The maximum absolute atomic E-state index is 13.5. The summed E-state index contributed by atoms with van der Waals surface area (Å²) < 4.78 is 20.4. The number of hydrogen-bond donors (Lipinski definition) is 2. The first kappa shape index (κ1) is 22.2. The third kappa shape index (κ3) is 4.91. The van der Waals surface area contributed by atoms with E-state index in [1.165, 1.54) is 12.1 Å². The van der Waals surface area contributed by atoms with Crippen molar-refractivity contribution < 1.29 is 19.0 Å². The van der Waals surface area contributed by atoms with Crippen LogP contribution >= 0.6 is 0 Å². The molecule has 0 spiro atoms. The molecule has 2 aromatic carbocycles. The molecule has 0 bridgehead atoms. The van der Waals surface area contributed by atoms with Crippen molar-refractivity contribution in [3.63, 3.8) is 0 Å². The summed E-state index contributed by atoms with van der Waals surface area (Å²) in [4.78, 5) is 17.1. The van der Waals surface area contributed by atoms with Gasteiger partial charge in [-0.3, -0.25) is 9.78 Å².